The zero-order valence-corrected chi connectivity index (χ0v) is 13.1. The first-order valence-corrected chi connectivity index (χ1v) is 7.17. The van der Waals surface area contributed by atoms with Crippen LogP contribution in [0.15, 0.2) is 0 Å². The van der Waals surface area contributed by atoms with Gasteiger partial charge in [0.05, 0.1) is 32.5 Å². The van der Waals surface area contributed by atoms with Crippen LogP contribution in [0.3, 0.4) is 0 Å². The zero-order chi connectivity index (χ0) is 16.0. The molecule has 1 saturated heterocycles. The molecule has 1 fully saturated rings. The van der Waals surface area contributed by atoms with E-state index in [9.17, 15) is 9.59 Å². The summed E-state index contributed by atoms with van der Waals surface area (Å²) in [6.45, 7) is 7.57. The van der Waals surface area contributed by atoms with Crippen molar-refractivity contribution in [2.75, 3.05) is 26.4 Å². The van der Waals surface area contributed by atoms with Crippen LogP contribution in [0.25, 0.3) is 0 Å². The predicted octanol–water partition coefficient (Wildman–Crippen LogP) is 0.936. The number of esters is 1. The summed E-state index contributed by atoms with van der Waals surface area (Å²) >= 11 is 0. The lowest BCUT2D eigenvalue weighted by molar-refractivity contribution is -0.148. The van der Waals surface area contributed by atoms with Gasteiger partial charge in [0.1, 0.15) is 11.6 Å². The van der Waals surface area contributed by atoms with E-state index in [4.69, 9.17) is 19.3 Å². The first kappa shape index (κ1) is 17.7. The Bertz CT molecular complexity index is 365. The fraction of sp³-hybridized carbons (Fsp3) is 0.857. The second kappa shape index (κ2) is 7.61. The van der Waals surface area contributed by atoms with Crippen molar-refractivity contribution in [1.82, 2.24) is 4.90 Å². The summed E-state index contributed by atoms with van der Waals surface area (Å²) in [5.41, 5.74) is -0.639. The molecule has 21 heavy (non-hydrogen) atoms. The van der Waals surface area contributed by atoms with Crippen molar-refractivity contribution in [3.8, 4) is 0 Å². The number of nitrogens with zero attached hydrogens (tertiary/aromatic N) is 1. The number of hydrogen-bond donors (Lipinski definition) is 1. The predicted molar refractivity (Wildman–Crippen MR) is 74.8 cm³/mol. The molecule has 1 N–H and O–H groups in total. The Hall–Kier alpha value is -1.34. The Kier molecular flexibility index (Phi) is 6.42. The molecule has 0 aliphatic carbocycles. The summed E-state index contributed by atoms with van der Waals surface area (Å²) in [5.74, 6) is -0.460. The monoisotopic (exact) mass is 303 g/mol. The number of hydrogen-bond acceptors (Lipinski definition) is 6. The van der Waals surface area contributed by atoms with Crippen LogP contribution in [0, 0.1) is 0 Å². The lowest BCUT2D eigenvalue weighted by atomic mass is 10.2. The Morgan fingerprint density at radius 2 is 2.00 bits per heavy atom. The number of ether oxygens (including phenoxy) is 3. The first-order valence-electron chi connectivity index (χ1n) is 7.17. The minimum absolute atomic E-state index is 0.104. The van der Waals surface area contributed by atoms with Crippen molar-refractivity contribution in [3.63, 3.8) is 0 Å². The van der Waals surface area contributed by atoms with Crippen LogP contribution >= 0.6 is 0 Å². The van der Waals surface area contributed by atoms with Crippen LogP contribution in [0.2, 0.25) is 0 Å². The first-order chi connectivity index (χ1) is 9.78. The summed E-state index contributed by atoms with van der Waals surface area (Å²) < 4.78 is 15.7. The molecule has 0 radical (unpaired) electrons. The van der Waals surface area contributed by atoms with Crippen molar-refractivity contribution in [3.05, 3.63) is 0 Å². The number of aliphatic hydroxyl groups excluding tert-OH is 1. The lowest BCUT2D eigenvalue weighted by Gasteiger charge is -2.27. The van der Waals surface area contributed by atoms with Gasteiger partial charge in [-0.3, -0.25) is 4.90 Å². The van der Waals surface area contributed by atoms with E-state index in [-0.39, 0.29) is 32.5 Å². The molecular formula is C14H25NO6. The van der Waals surface area contributed by atoms with E-state index in [0.717, 1.165) is 0 Å². The summed E-state index contributed by atoms with van der Waals surface area (Å²) in [6, 6.07) is -0.705. The van der Waals surface area contributed by atoms with E-state index in [1.165, 1.54) is 4.90 Å². The standard InChI is InChI=1S/C14H25NO6/c1-5-19-12(17)11-8-10(20-7-6-16)9-15(11)13(18)21-14(2,3)4/h10-11,16H,5-9H2,1-4H3/t10-,11+/m1/s1. The van der Waals surface area contributed by atoms with Gasteiger partial charge in [0.2, 0.25) is 0 Å². The maximum Gasteiger partial charge on any atom is 0.411 e. The van der Waals surface area contributed by atoms with E-state index in [0.29, 0.717) is 6.42 Å². The lowest BCUT2D eigenvalue weighted by Crippen LogP contribution is -2.44. The summed E-state index contributed by atoms with van der Waals surface area (Å²) in [4.78, 5) is 25.5. The van der Waals surface area contributed by atoms with Crippen molar-refractivity contribution < 1.29 is 28.9 Å². The Labute approximate surface area is 125 Å². The van der Waals surface area contributed by atoms with Crippen molar-refractivity contribution in [2.45, 2.75) is 51.9 Å². The summed E-state index contributed by atoms with van der Waals surface area (Å²) in [7, 11) is 0. The van der Waals surface area contributed by atoms with Crippen molar-refractivity contribution in [1.29, 1.82) is 0 Å². The van der Waals surface area contributed by atoms with Crippen molar-refractivity contribution in [2.24, 2.45) is 0 Å². The topological polar surface area (TPSA) is 85.3 Å². The van der Waals surface area contributed by atoms with Crippen LogP contribution in [0.5, 0.6) is 0 Å². The van der Waals surface area contributed by atoms with Gasteiger partial charge in [-0.25, -0.2) is 9.59 Å². The maximum atomic E-state index is 12.2. The number of carbonyl (C=O) groups excluding carboxylic acids is 2. The minimum Gasteiger partial charge on any atom is -0.464 e. The van der Waals surface area contributed by atoms with Gasteiger partial charge in [0, 0.05) is 6.42 Å². The molecule has 0 saturated carbocycles. The maximum absolute atomic E-state index is 12.2. The molecule has 0 aromatic heterocycles. The van der Waals surface area contributed by atoms with Gasteiger partial charge in [0.15, 0.2) is 0 Å². The molecule has 0 aromatic rings. The van der Waals surface area contributed by atoms with Gasteiger partial charge in [0.25, 0.3) is 0 Å². The molecule has 7 nitrogen and oxygen atoms in total. The van der Waals surface area contributed by atoms with Crippen molar-refractivity contribution >= 4 is 12.1 Å². The zero-order valence-electron chi connectivity index (χ0n) is 13.1. The number of rotatable bonds is 5. The Balaban J connectivity index is 2.75. The highest BCUT2D eigenvalue weighted by atomic mass is 16.6. The largest absolute Gasteiger partial charge is 0.464 e. The fourth-order valence-corrected chi connectivity index (χ4v) is 2.12. The number of aliphatic hydroxyl groups is 1. The molecule has 1 amide bonds. The quantitative estimate of drug-likeness (QED) is 0.761. The van der Waals surface area contributed by atoms with E-state index in [1.54, 1.807) is 27.7 Å². The summed E-state index contributed by atoms with van der Waals surface area (Å²) in [5, 5.41) is 8.79. The highest BCUT2D eigenvalue weighted by Crippen LogP contribution is 2.24. The average Bonchev–Trinajstić information content (AvgIpc) is 2.79. The highest BCUT2D eigenvalue weighted by Gasteiger charge is 2.42. The molecule has 1 aliphatic rings. The van der Waals surface area contributed by atoms with E-state index in [1.807, 2.05) is 0 Å². The molecule has 0 spiro atoms. The van der Waals surface area contributed by atoms with Crippen LogP contribution in [0.4, 0.5) is 4.79 Å². The molecule has 0 unspecified atom stereocenters. The van der Waals surface area contributed by atoms with Gasteiger partial charge in [-0.1, -0.05) is 0 Å². The molecule has 122 valence electrons. The number of likely N-dealkylation sites (tertiary alicyclic amines) is 1. The smallest absolute Gasteiger partial charge is 0.411 e. The average molecular weight is 303 g/mol. The second-order valence-corrected chi connectivity index (χ2v) is 5.85. The molecule has 1 aliphatic heterocycles. The summed E-state index contributed by atoms with van der Waals surface area (Å²) in [6.07, 6.45) is -0.521. The van der Waals surface area contributed by atoms with Crippen LogP contribution in [0.1, 0.15) is 34.1 Å². The van der Waals surface area contributed by atoms with E-state index < -0.39 is 23.7 Å². The third-order valence-corrected chi connectivity index (χ3v) is 2.89. The molecule has 0 bridgehead atoms. The van der Waals surface area contributed by atoms with Gasteiger partial charge >= 0.3 is 12.1 Å². The normalized spacial score (nSPS) is 22.2. The molecular weight excluding hydrogens is 278 g/mol. The molecule has 7 heteroatoms. The fourth-order valence-electron chi connectivity index (χ4n) is 2.12. The minimum atomic E-state index is -0.705. The molecule has 2 atom stereocenters. The van der Waals surface area contributed by atoms with Crippen LogP contribution < -0.4 is 0 Å². The Morgan fingerprint density at radius 3 is 2.52 bits per heavy atom. The SMILES string of the molecule is CCOC(=O)[C@@H]1C[C@@H](OCCO)CN1C(=O)OC(C)(C)C. The second-order valence-electron chi connectivity index (χ2n) is 5.85. The third kappa shape index (κ3) is 5.51. The molecule has 1 heterocycles. The Morgan fingerprint density at radius 1 is 1.33 bits per heavy atom. The number of amides is 1. The molecule has 0 aromatic carbocycles. The van der Waals surface area contributed by atoms with Crippen LogP contribution in [-0.4, -0.2) is 66.2 Å². The molecule has 1 rings (SSSR count). The van der Waals surface area contributed by atoms with Gasteiger partial charge < -0.3 is 19.3 Å². The van der Waals surface area contributed by atoms with E-state index >= 15 is 0 Å². The highest BCUT2D eigenvalue weighted by molar-refractivity contribution is 5.82. The van der Waals surface area contributed by atoms with Crippen LogP contribution in [-0.2, 0) is 19.0 Å². The van der Waals surface area contributed by atoms with E-state index in [2.05, 4.69) is 0 Å². The van der Waals surface area contributed by atoms with Gasteiger partial charge in [-0.2, -0.15) is 0 Å². The number of carbonyl (C=O) groups is 2. The third-order valence-electron chi connectivity index (χ3n) is 2.89. The van der Waals surface area contributed by atoms with Gasteiger partial charge in [-0.15, -0.1) is 0 Å². The van der Waals surface area contributed by atoms with Gasteiger partial charge in [-0.05, 0) is 27.7 Å².